The Kier molecular flexibility index (Phi) is 2.43. The standard InChI is InChI=1S/C11H13NO/c13-8-9-1-3-10(4-2-9)11-5-6-12-7-11/h1-5,12-13H,6-8H2. The second kappa shape index (κ2) is 3.73. The molecule has 13 heavy (non-hydrogen) atoms. The largest absolute Gasteiger partial charge is 0.392 e. The van der Waals surface area contributed by atoms with Crippen LogP contribution >= 0.6 is 0 Å². The van der Waals surface area contributed by atoms with Crippen LogP contribution in [0.4, 0.5) is 0 Å². The molecule has 0 aliphatic carbocycles. The van der Waals surface area contributed by atoms with Gasteiger partial charge in [0.15, 0.2) is 0 Å². The predicted octanol–water partition coefficient (Wildman–Crippen LogP) is 1.17. The van der Waals surface area contributed by atoms with Crippen molar-refractivity contribution in [1.29, 1.82) is 0 Å². The van der Waals surface area contributed by atoms with E-state index in [9.17, 15) is 0 Å². The van der Waals surface area contributed by atoms with Gasteiger partial charge in [-0.1, -0.05) is 30.3 Å². The Morgan fingerprint density at radius 2 is 2.00 bits per heavy atom. The highest BCUT2D eigenvalue weighted by Gasteiger charge is 2.05. The molecule has 2 N–H and O–H groups in total. The summed E-state index contributed by atoms with van der Waals surface area (Å²) < 4.78 is 0. The third kappa shape index (κ3) is 1.79. The molecular weight excluding hydrogens is 162 g/mol. The molecule has 1 heterocycles. The summed E-state index contributed by atoms with van der Waals surface area (Å²) in [6, 6.07) is 8.05. The highest BCUT2D eigenvalue weighted by molar-refractivity contribution is 5.68. The SMILES string of the molecule is OCc1ccc(C2=CCNC2)cc1. The van der Waals surface area contributed by atoms with Gasteiger partial charge in [0.2, 0.25) is 0 Å². The van der Waals surface area contributed by atoms with Gasteiger partial charge in [0.25, 0.3) is 0 Å². The van der Waals surface area contributed by atoms with E-state index in [-0.39, 0.29) is 6.61 Å². The van der Waals surface area contributed by atoms with Gasteiger partial charge < -0.3 is 10.4 Å². The third-order valence-corrected chi connectivity index (χ3v) is 2.32. The molecule has 0 saturated heterocycles. The molecule has 68 valence electrons. The molecule has 2 rings (SSSR count). The second-order valence-corrected chi connectivity index (χ2v) is 3.22. The minimum atomic E-state index is 0.123. The first-order valence-corrected chi connectivity index (χ1v) is 4.50. The van der Waals surface area contributed by atoms with E-state index in [1.54, 1.807) is 0 Å². The first-order chi connectivity index (χ1) is 6.40. The summed E-state index contributed by atoms with van der Waals surface area (Å²) >= 11 is 0. The maximum atomic E-state index is 8.87. The summed E-state index contributed by atoms with van der Waals surface area (Å²) in [5.74, 6) is 0. The van der Waals surface area contributed by atoms with Gasteiger partial charge in [-0.25, -0.2) is 0 Å². The minimum absolute atomic E-state index is 0.123. The van der Waals surface area contributed by atoms with Gasteiger partial charge >= 0.3 is 0 Å². The molecule has 0 atom stereocenters. The number of aliphatic hydroxyl groups is 1. The van der Waals surface area contributed by atoms with Gasteiger partial charge in [-0.05, 0) is 16.7 Å². The first-order valence-electron chi connectivity index (χ1n) is 4.50. The molecule has 0 saturated carbocycles. The lowest BCUT2D eigenvalue weighted by molar-refractivity contribution is 0.282. The summed E-state index contributed by atoms with van der Waals surface area (Å²) in [6.07, 6.45) is 2.20. The van der Waals surface area contributed by atoms with E-state index < -0.39 is 0 Å². The van der Waals surface area contributed by atoms with E-state index in [0.29, 0.717) is 0 Å². The van der Waals surface area contributed by atoms with Gasteiger partial charge in [0, 0.05) is 13.1 Å². The zero-order valence-corrected chi connectivity index (χ0v) is 7.46. The van der Waals surface area contributed by atoms with E-state index in [2.05, 4.69) is 23.5 Å². The average molecular weight is 175 g/mol. The number of hydrogen-bond donors (Lipinski definition) is 2. The molecule has 0 bridgehead atoms. The molecule has 1 aliphatic heterocycles. The number of benzene rings is 1. The van der Waals surface area contributed by atoms with Gasteiger partial charge in [-0.2, -0.15) is 0 Å². The lowest BCUT2D eigenvalue weighted by Gasteiger charge is -2.02. The fourth-order valence-electron chi connectivity index (χ4n) is 1.52. The van der Waals surface area contributed by atoms with Crippen LogP contribution in [-0.4, -0.2) is 18.2 Å². The smallest absolute Gasteiger partial charge is 0.0681 e. The van der Waals surface area contributed by atoms with E-state index in [1.807, 2.05) is 12.1 Å². The Morgan fingerprint density at radius 1 is 1.23 bits per heavy atom. The highest BCUT2D eigenvalue weighted by Crippen LogP contribution is 2.16. The zero-order valence-electron chi connectivity index (χ0n) is 7.46. The Labute approximate surface area is 77.9 Å². The number of aliphatic hydroxyl groups excluding tert-OH is 1. The van der Waals surface area contributed by atoms with Crippen molar-refractivity contribution in [2.75, 3.05) is 13.1 Å². The maximum absolute atomic E-state index is 8.87. The molecule has 0 aromatic heterocycles. The van der Waals surface area contributed by atoms with Crippen molar-refractivity contribution >= 4 is 5.57 Å². The van der Waals surface area contributed by atoms with Crippen molar-refractivity contribution in [1.82, 2.24) is 5.32 Å². The van der Waals surface area contributed by atoms with Crippen LogP contribution in [0.25, 0.3) is 5.57 Å². The van der Waals surface area contributed by atoms with Crippen molar-refractivity contribution < 1.29 is 5.11 Å². The zero-order chi connectivity index (χ0) is 9.10. The van der Waals surface area contributed by atoms with Gasteiger partial charge in [0.1, 0.15) is 0 Å². The van der Waals surface area contributed by atoms with Crippen molar-refractivity contribution in [2.24, 2.45) is 0 Å². The molecule has 1 aromatic rings. The second-order valence-electron chi connectivity index (χ2n) is 3.22. The molecule has 0 spiro atoms. The summed E-state index contributed by atoms with van der Waals surface area (Å²) in [4.78, 5) is 0. The lowest BCUT2D eigenvalue weighted by atomic mass is 10.1. The summed E-state index contributed by atoms with van der Waals surface area (Å²) in [5.41, 5.74) is 3.57. The normalized spacial score (nSPS) is 15.9. The topological polar surface area (TPSA) is 32.3 Å². The number of rotatable bonds is 2. The molecular formula is C11H13NO. The van der Waals surface area contributed by atoms with Gasteiger partial charge in [-0.3, -0.25) is 0 Å². The van der Waals surface area contributed by atoms with Crippen molar-refractivity contribution in [2.45, 2.75) is 6.61 Å². The van der Waals surface area contributed by atoms with Crippen molar-refractivity contribution in [3.8, 4) is 0 Å². The number of hydrogen-bond acceptors (Lipinski definition) is 2. The maximum Gasteiger partial charge on any atom is 0.0681 e. The monoisotopic (exact) mass is 175 g/mol. The van der Waals surface area contributed by atoms with E-state index in [0.717, 1.165) is 18.7 Å². The molecule has 0 unspecified atom stereocenters. The fraction of sp³-hybridized carbons (Fsp3) is 0.273. The number of nitrogens with one attached hydrogen (secondary N) is 1. The highest BCUT2D eigenvalue weighted by atomic mass is 16.3. The van der Waals surface area contributed by atoms with Crippen LogP contribution in [0.15, 0.2) is 30.3 Å². The Hall–Kier alpha value is -1.12. The van der Waals surface area contributed by atoms with E-state index in [1.165, 1.54) is 11.1 Å². The van der Waals surface area contributed by atoms with Crippen molar-refractivity contribution in [3.63, 3.8) is 0 Å². The molecule has 2 heteroatoms. The molecule has 2 nitrogen and oxygen atoms in total. The fourth-order valence-corrected chi connectivity index (χ4v) is 1.52. The molecule has 0 fully saturated rings. The van der Waals surface area contributed by atoms with Crippen LogP contribution < -0.4 is 5.32 Å². The van der Waals surface area contributed by atoms with Crippen LogP contribution in [0.1, 0.15) is 11.1 Å². The molecule has 0 amide bonds. The van der Waals surface area contributed by atoms with Gasteiger partial charge in [0.05, 0.1) is 6.61 Å². The average Bonchev–Trinajstić information content (AvgIpc) is 2.71. The van der Waals surface area contributed by atoms with Crippen molar-refractivity contribution in [3.05, 3.63) is 41.5 Å². The first kappa shape index (κ1) is 8.48. The Balaban J connectivity index is 2.22. The van der Waals surface area contributed by atoms with Crippen LogP contribution in [0.5, 0.6) is 0 Å². The Bertz CT molecular complexity index is 313. The summed E-state index contributed by atoms with van der Waals surface area (Å²) in [7, 11) is 0. The van der Waals surface area contributed by atoms with E-state index in [4.69, 9.17) is 5.11 Å². The summed E-state index contributed by atoms with van der Waals surface area (Å²) in [6.45, 7) is 2.05. The molecule has 1 aliphatic rings. The van der Waals surface area contributed by atoms with Crippen LogP contribution in [0.2, 0.25) is 0 Å². The van der Waals surface area contributed by atoms with Gasteiger partial charge in [-0.15, -0.1) is 0 Å². The summed E-state index contributed by atoms with van der Waals surface area (Å²) in [5, 5.41) is 12.1. The van der Waals surface area contributed by atoms with Crippen LogP contribution in [0, 0.1) is 0 Å². The molecule has 0 radical (unpaired) electrons. The van der Waals surface area contributed by atoms with E-state index >= 15 is 0 Å². The van der Waals surface area contributed by atoms with Crippen LogP contribution in [0.3, 0.4) is 0 Å². The Morgan fingerprint density at radius 3 is 2.54 bits per heavy atom. The third-order valence-electron chi connectivity index (χ3n) is 2.32. The van der Waals surface area contributed by atoms with Crippen LogP contribution in [-0.2, 0) is 6.61 Å². The quantitative estimate of drug-likeness (QED) is 0.707. The lowest BCUT2D eigenvalue weighted by Crippen LogP contribution is -2.07. The predicted molar refractivity (Wildman–Crippen MR) is 53.2 cm³/mol. The minimum Gasteiger partial charge on any atom is -0.392 e. The molecule has 1 aromatic carbocycles.